The van der Waals surface area contributed by atoms with Gasteiger partial charge < -0.3 is 9.64 Å². The molecule has 2 aromatic carbocycles. The van der Waals surface area contributed by atoms with Crippen molar-refractivity contribution >= 4 is 21.5 Å². The van der Waals surface area contributed by atoms with Crippen LogP contribution in [-0.2, 0) is 14.8 Å². The molecule has 6 nitrogen and oxygen atoms in total. The summed E-state index contributed by atoms with van der Waals surface area (Å²) in [5.41, 5.74) is 2.81. The molecular formula is C24H28N2O4S. The monoisotopic (exact) mass is 440 g/mol. The van der Waals surface area contributed by atoms with Crippen molar-refractivity contribution in [1.29, 1.82) is 0 Å². The SMILES string of the molecule is CC1CN(S(=O)(=O)c2cccc(C(=O)N3CC=C(c4ccccc4)CC3)c2)CC(C)O1. The summed E-state index contributed by atoms with van der Waals surface area (Å²) in [6.07, 6.45) is 2.52. The van der Waals surface area contributed by atoms with Crippen LogP contribution in [0.25, 0.3) is 5.57 Å². The third-order valence-corrected chi connectivity index (χ3v) is 7.57. The molecule has 2 aliphatic rings. The lowest BCUT2D eigenvalue weighted by Gasteiger charge is -2.34. The number of nitrogens with zero attached hydrogens (tertiary/aromatic N) is 2. The number of rotatable bonds is 4. The summed E-state index contributed by atoms with van der Waals surface area (Å²) in [7, 11) is -3.69. The maximum atomic E-state index is 13.2. The fraction of sp³-hybridized carbons (Fsp3) is 0.375. The maximum absolute atomic E-state index is 13.2. The number of hydrogen-bond donors (Lipinski definition) is 0. The molecule has 0 aliphatic carbocycles. The first kappa shape index (κ1) is 21.7. The molecule has 0 spiro atoms. The quantitative estimate of drug-likeness (QED) is 0.731. The van der Waals surface area contributed by atoms with Crippen molar-refractivity contribution in [1.82, 2.24) is 9.21 Å². The summed E-state index contributed by atoms with van der Waals surface area (Å²) in [6.45, 7) is 5.47. The lowest BCUT2D eigenvalue weighted by Crippen LogP contribution is -2.48. The van der Waals surface area contributed by atoms with Gasteiger partial charge in [0.25, 0.3) is 5.91 Å². The smallest absolute Gasteiger partial charge is 0.254 e. The highest BCUT2D eigenvalue weighted by molar-refractivity contribution is 7.89. The van der Waals surface area contributed by atoms with Crippen LogP contribution in [0.4, 0.5) is 0 Å². The number of carbonyl (C=O) groups is 1. The molecule has 1 amide bonds. The highest BCUT2D eigenvalue weighted by atomic mass is 32.2. The fourth-order valence-electron chi connectivity index (χ4n) is 4.22. The lowest BCUT2D eigenvalue weighted by atomic mass is 9.99. The number of amides is 1. The number of carbonyl (C=O) groups excluding carboxylic acids is 1. The van der Waals surface area contributed by atoms with E-state index in [1.54, 1.807) is 23.1 Å². The fourth-order valence-corrected chi connectivity index (χ4v) is 5.85. The second-order valence-corrected chi connectivity index (χ2v) is 10.1. The van der Waals surface area contributed by atoms with E-state index in [9.17, 15) is 13.2 Å². The van der Waals surface area contributed by atoms with Crippen LogP contribution in [0, 0.1) is 0 Å². The van der Waals surface area contributed by atoms with Gasteiger partial charge in [-0.05, 0) is 49.6 Å². The van der Waals surface area contributed by atoms with E-state index in [1.165, 1.54) is 21.5 Å². The summed E-state index contributed by atoms with van der Waals surface area (Å²) in [6, 6.07) is 16.5. The molecule has 0 radical (unpaired) electrons. The second-order valence-electron chi connectivity index (χ2n) is 8.20. The highest BCUT2D eigenvalue weighted by Gasteiger charge is 2.32. The predicted octanol–water partition coefficient (Wildman–Crippen LogP) is 3.41. The van der Waals surface area contributed by atoms with E-state index in [-0.39, 0.29) is 23.0 Å². The van der Waals surface area contributed by atoms with Crippen molar-refractivity contribution in [3.63, 3.8) is 0 Å². The molecule has 2 heterocycles. The molecule has 0 N–H and O–H groups in total. The third-order valence-electron chi connectivity index (χ3n) is 5.75. The first-order valence-electron chi connectivity index (χ1n) is 10.6. The molecule has 0 bridgehead atoms. The van der Waals surface area contributed by atoms with Gasteiger partial charge in [0, 0.05) is 31.7 Å². The Morgan fingerprint density at radius 1 is 1.00 bits per heavy atom. The van der Waals surface area contributed by atoms with Crippen LogP contribution >= 0.6 is 0 Å². The second kappa shape index (κ2) is 8.94. The van der Waals surface area contributed by atoms with Gasteiger partial charge in [-0.15, -0.1) is 0 Å². The molecule has 4 rings (SSSR count). The van der Waals surface area contributed by atoms with E-state index in [2.05, 4.69) is 18.2 Å². The summed E-state index contributed by atoms with van der Waals surface area (Å²) < 4.78 is 33.4. The van der Waals surface area contributed by atoms with Crippen LogP contribution < -0.4 is 0 Å². The van der Waals surface area contributed by atoms with Gasteiger partial charge in [0.15, 0.2) is 0 Å². The van der Waals surface area contributed by atoms with Gasteiger partial charge in [0.2, 0.25) is 10.0 Å². The van der Waals surface area contributed by atoms with Crippen LogP contribution in [0.2, 0.25) is 0 Å². The molecule has 0 saturated carbocycles. The third kappa shape index (κ3) is 4.74. The van der Waals surface area contributed by atoms with E-state index in [0.717, 1.165) is 6.42 Å². The van der Waals surface area contributed by atoms with E-state index >= 15 is 0 Å². The molecule has 2 unspecified atom stereocenters. The Kier molecular flexibility index (Phi) is 6.27. The van der Waals surface area contributed by atoms with Crippen molar-refractivity contribution in [3.05, 3.63) is 71.8 Å². The van der Waals surface area contributed by atoms with Crippen LogP contribution in [0.1, 0.15) is 36.2 Å². The Balaban J connectivity index is 1.51. The Bertz CT molecular complexity index is 1070. The average molecular weight is 441 g/mol. The first-order valence-corrected chi connectivity index (χ1v) is 12.1. The van der Waals surface area contributed by atoms with Crippen LogP contribution in [0.15, 0.2) is 65.6 Å². The molecule has 1 fully saturated rings. The van der Waals surface area contributed by atoms with Crippen LogP contribution in [0.5, 0.6) is 0 Å². The number of morpholine rings is 1. The summed E-state index contributed by atoms with van der Waals surface area (Å²) in [4.78, 5) is 15.0. The van der Waals surface area contributed by atoms with Crippen molar-refractivity contribution in [3.8, 4) is 0 Å². The first-order chi connectivity index (χ1) is 14.8. The van der Waals surface area contributed by atoms with Gasteiger partial charge in [-0.1, -0.05) is 42.5 Å². The van der Waals surface area contributed by atoms with E-state index in [0.29, 0.717) is 31.7 Å². The van der Waals surface area contributed by atoms with Gasteiger partial charge in [-0.3, -0.25) is 4.79 Å². The molecule has 2 aromatic rings. The molecule has 7 heteroatoms. The van der Waals surface area contributed by atoms with Gasteiger partial charge in [0.1, 0.15) is 0 Å². The molecule has 1 saturated heterocycles. The van der Waals surface area contributed by atoms with E-state index in [4.69, 9.17) is 4.74 Å². The largest absolute Gasteiger partial charge is 0.373 e. The minimum Gasteiger partial charge on any atom is -0.373 e. The zero-order valence-electron chi connectivity index (χ0n) is 17.9. The molecular weight excluding hydrogens is 412 g/mol. The molecule has 31 heavy (non-hydrogen) atoms. The van der Waals surface area contributed by atoms with Crippen LogP contribution in [-0.4, -0.2) is 61.9 Å². The molecule has 2 atom stereocenters. The number of ether oxygens (including phenoxy) is 1. The number of hydrogen-bond acceptors (Lipinski definition) is 4. The van der Waals surface area contributed by atoms with Crippen molar-refractivity contribution in [2.45, 2.75) is 37.4 Å². The normalized spacial score (nSPS) is 22.8. The van der Waals surface area contributed by atoms with Crippen molar-refractivity contribution in [2.75, 3.05) is 26.2 Å². The van der Waals surface area contributed by atoms with E-state index in [1.807, 2.05) is 32.0 Å². The Morgan fingerprint density at radius 3 is 2.35 bits per heavy atom. The summed E-state index contributed by atoms with van der Waals surface area (Å²) in [5, 5.41) is 0. The predicted molar refractivity (Wildman–Crippen MR) is 120 cm³/mol. The molecule has 0 aromatic heterocycles. The average Bonchev–Trinajstić information content (AvgIpc) is 2.79. The standard InChI is InChI=1S/C24H28N2O4S/c1-18-16-26(17-19(2)30-18)31(28,29)23-10-6-9-22(15-23)24(27)25-13-11-21(12-14-25)20-7-4-3-5-8-20/h3-11,15,18-19H,12-14,16-17H2,1-2H3. The maximum Gasteiger partial charge on any atom is 0.254 e. The Hall–Kier alpha value is -2.48. The lowest BCUT2D eigenvalue weighted by molar-refractivity contribution is -0.0440. The van der Waals surface area contributed by atoms with Gasteiger partial charge in [-0.25, -0.2) is 8.42 Å². The van der Waals surface area contributed by atoms with Gasteiger partial charge in [0.05, 0.1) is 17.1 Å². The Morgan fingerprint density at radius 2 is 1.71 bits per heavy atom. The zero-order valence-corrected chi connectivity index (χ0v) is 18.7. The van der Waals surface area contributed by atoms with Crippen LogP contribution in [0.3, 0.4) is 0 Å². The van der Waals surface area contributed by atoms with Gasteiger partial charge in [-0.2, -0.15) is 4.31 Å². The number of sulfonamides is 1. The molecule has 164 valence electrons. The van der Waals surface area contributed by atoms with E-state index < -0.39 is 10.0 Å². The zero-order chi connectivity index (χ0) is 22.0. The van der Waals surface area contributed by atoms with Gasteiger partial charge >= 0.3 is 0 Å². The molecule has 2 aliphatic heterocycles. The summed E-state index contributed by atoms with van der Waals surface area (Å²) >= 11 is 0. The minimum atomic E-state index is -3.69. The summed E-state index contributed by atoms with van der Waals surface area (Å²) in [5.74, 6) is -0.149. The number of benzene rings is 2. The Labute approximate surface area is 184 Å². The van der Waals surface area contributed by atoms with Crippen molar-refractivity contribution in [2.24, 2.45) is 0 Å². The minimum absolute atomic E-state index is 0.149. The van der Waals surface area contributed by atoms with Crippen molar-refractivity contribution < 1.29 is 17.9 Å². The topological polar surface area (TPSA) is 66.9 Å². The highest BCUT2D eigenvalue weighted by Crippen LogP contribution is 2.25.